The highest BCUT2D eigenvalue weighted by Crippen LogP contribution is 2.21. The lowest BCUT2D eigenvalue weighted by Gasteiger charge is -2.07. The van der Waals surface area contributed by atoms with Crippen LogP contribution in [-0.4, -0.2) is 25.9 Å². The number of hydrogen-bond donors (Lipinski definition) is 2. The van der Waals surface area contributed by atoms with Crippen molar-refractivity contribution in [2.45, 2.75) is 31.6 Å². The number of rotatable bonds is 7. The van der Waals surface area contributed by atoms with Gasteiger partial charge in [-0.2, -0.15) is 8.42 Å². The van der Waals surface area contributed by atoms with Gasteiger partial charge in [-0.05, 0) is 24.6 Å². The van der Waals surface area contributed by atoms with Gasteiger partial charge in [0.15, 0.2) is 0 Å². The van der Waals surface area contributed by atoms with Crippen LogP contribution in [-0.2, 0) is 10.0 Å². The van der Waals surface area contributed by atoms with Crippen LogP contribution in [0.25, 0.3) is 0 Å². The Morgan fingerprint density at radius 2 is 2.18 bits per heavy atom. The van der Waals surface area contributed by atoms with Crippen molar-refractivity contribution in [2.75, 3.05) is 11.9 Å². The first-order valence-corrected chi connectivity index (χ1v) is 8.24. The summed E-state index contributed by atoms with van der Waals surface area (Å²) >= 11 is 0. The molecule has 0 bridgehead atoms. The van der Waals surface area contributed by atoms with Crippen molar-refractivity contribution < 1.29 is 17.9 Å². The molecule has 0 atom stereocenters. The molecule has 0 aliphatic carbocycles. The normalized spacial score (nSPS) is 13.2. The lowest BCUT2D eigenvalue weighted by molar-refractivity contribution is 0.415. The van der Waals surface area contributed by atoms with Gasteiger partial charge in [0.1, 0.15) is 16.5 Å². The second-order valence-corrected chi connectivity index (χ2v) is 6.32. The highest BCUT2D eigenvalue weighted by atomic mass is 32.2. The average molecular weight is 330 g/mol. The molecule has 1 rings (SSSR count). The van der Waals surface area contributed by atoms with Crippen LogP contribution in [0, 0.1) is 5.82 Å². The van der Waals surface area contributed by atoms with E-state index in [2.05, 4.69) is 9.71 Å². The van der Waals surface area contributed by atoms with Gasteiger partial charge in [0, 0.05) is 19.2 Å². The molecule has 0 saturated heterocycles. The van der Waals surface area contributed by atoms with Crippen LogP contribution in [0.3, 0.4) is 0 Å². The van der Waals surface area contributed by atoms with Gasteiger partial charge in [0.25, 0.3) is 10.0 Å². The van der Waals surface area contributed by atoms with E-state index in [-0.39, 0.29) is 11.6 Å². The number of amidine groups is 1. The van der Waals surface area contributed by atoms with Gasteiger partial charge in [-0.25, -0.2) is 4.39 Å². The molecular formula is C14H21FN3O3S+. The Labute approximate surface area is 129 Å². The predicted molar refractivity (Wildman–Crippen MR) is 86.0 cm³/mol. The molecule has 1 aromatic rings. The third kappa shape index (κ3) is 5.36. The van der Waals surface area contributed by atoms with Crippen LogP contribution >= 0.6 is 0 Å². The molecule has 0 heterocycles. The average Bonchev–Trinajstić information content (AvgIpc) is 2.36. The van der Waals surface area contributed by atoms with Crippen molar-refractivity contribution in [3.8, 4) is 0 Å². The molecular weight excluding hydrogens is 309 g/mol. The highest BCUT2D eigenvalue weighted by molar-refractivity contribution is 7.90. The van der Waals surface area contributed by atoms with Crippen LogP contribution in [0.5, 0.6) is 0 Å². The monoisotopic (exact) mass is 330 g/mol. The Kier molecular flexibility index (Phi) is 6.36. The van der Waals surface area contributed by atoms with Crippen LogP contribution in [0.4, 0.5) is 10.1 Å². The standard InChI is InChI=1S/C14H20FN3O3S/c1-3-4-7-17-11-5-6-13(12(15)9-11)22(20,21)18-14(16)8-10(2)19/h5-6,8-9,17,19H,3-4,7H2,1-2H3,(H2,16,18)/p+1/b10-8-. The summed E-state index contributed by atoms with van der Waals surface area (Å²) < 4.78 is 41.3. The number of anilines is 1. The van der Waals surface area contributed by atoms with Gasteiger partial charge >= 0.3 is 0 Å². The Morgan fingerprint density at radius 3 is 2.73 bits per heavy atom. The fraction of sp³-hybridized carbons (Fsp3) is 0.357. The van der Waals surface area contributed by atoms with Gasteiger partial charge in [0.2, 0.25) is 5.76 Å². The van der Waals surface area contributed by atoms with Gasteiger partial charge in [0.05, 0.1) is 6.08 Å². The van der Waals surface area contributed by atoms with E-state index in [9.17, 15) is 12.8 Å². The van der Waals surface area contributed by atoms with E-state index in [0.717, 1.165) is 31.1 Å². The van der Waals surface area contributed by atoms with Crippen molar-refractivity contribution in [3.63, 3.8) is 0 Å². The van der Waals surface area contributed by atoms with Crippen molar-refractivity contribution in [3.05, 3.63) is 35.9 Å². The largest absolute Gasteiger partial charge is 0.597 e. The van der Waals surface area contributed by atoms with Crippen LogP contribution in [0.2, 0.25) is 0 Å². The fourth-order valence-electron chi connectivity index (χ4n) is 1.67. The summed E-state index contributed by atoms with van der Waals surface area (Å²) in [7, 11) is -4.25. The molecule has 8 heteroatoms. The number of benzene rings is 1. The maximum absolute atomic E-state index is 14.0. The Hall–Kier alpha value is -2.09. The van der Waals surface area contributed by atoms with Crippen LogP contribution < -0.4 is 11.1 Å². The molecule has 122 valence electrons. The summed E-state index contributed by atoms with van der Waals surface area (Å²) in [5.74, 6) is -1.21. The summed E-state index contributed by atoms with van der Waals surface area (Å²) in [6.45, 7) is 4.14. The highest BCUT2D eigenvalue weighted by Gasteiger charge is 2.19. The number of nitrogens with two attached hydrogens (primary N) is 1. The van der Waals surface area contributed by atoms with Gasteiger partial charge in [-0.3, -0.25) is 0 Å². The molecule has 0 fully saturated rings. The lowest BCUT2D eigenvalue weighted by Crippen LogP contribution is -2.13. The fourth-order valence-corrected chi connectivity index (χ4v) is 2.64. The molecule has 0 saturated carbocycles. The molecule has 0 radical (unpaired) electrons. The number of unbranched alkanes of at least 4 members (excludes halogenated alkanes) is 1. The zero-order chi connectivity index (χ0) is 16.8. The maximum Gasteiger partial charge on any atom is 0.287 e. The van der Waals surface area contributed by atoms with E-state index in [1.807, 2.05) is 6.92 Å². The van der Waals surface area contributed by atoms with Crippen molar-refractivity contribution in [2.24, 2.45) is 10.1 Å². The van der Waals surface area contributed by atoms with Crippen molar-refractivity contribution in [1.82, 2.24) is 0 Å². The Morgan fingerprint density at radius 1 is 1.50 bits per heavy atom. The molecule has 22 heavy (non-hydrogen) atoms. The molecule has 0 unspecified atom stereocenters. The second kappa shape index (κ2) is 7.79. The molecule has 0 amide bonds. The molecule has 5 N–H and O–H groups in total. The SMILES string of the molecule is CCCCNc1ccc(S(=O)(=O)/N=C(N)\C=C(\C)[OH2+])c(F)c1. The predicted octanol–water partition coefficient (Wildman–Crippen LogP) is 1.71. The minimum absolute atomic E-state index is 0.0485. The molecule has 1 aromatic carbocycles. The molecule has 0 aliphatic heterocycles. The van der Waals surface area contributed by atoms with Gasteiger partial charge < -0.3 is 16.2 Å². The number of allylic oxidation sites excluding steroid dienone is 1. The van der Waals surface area contributed by atoms with E-state index >= 15 is 0 Å². The molecule has 0 spiro atoms. The van der Waals surface area contributed by atoms with E-state index in [1.54, 1.807) is 0 Å². The van der Waals surface area contributed by atoms with E-state index in [1.165, 1.54) is 13.0 Å². The quantitative estimate of drug-likeness (QED) is 0.261. The van der Waals surface area contributed by atoms with Gasteiger partial charge in [-0.1, -0.05) is 13.3 Å². The number of nitrogens with zero attached hydrogens (tertiary/aromatic N) is 1. The summed E-state index contributed by atoms with van der Waals surface area (Å²) in [5, 5.41) is 10.2. The first kappa shape index (κ1) is 18.0. The third-order valence-electron chi connectivity index (χ3n) is 2.66. The molecule has 0 aliphatic rings. The third-order valence-corrected chi connectivity index (χ3v) is 4.00. The lowest BCUT2D eigenvalue weighted by atomic mass is 10.3. The number of halogens is 1. The Balaban J connectivity index is 3.04. The number of nitrogens with one attached hydrogen (secondary N) is 1. The smallest absolute Gasteiger partial charge is 0.287 e. The second-order valence-electron chi connectivity index (χ2n) is 4.74. The first-order chi connectivity index (χ1) is 10.3. The van der Waals surface area contributed by atoms with E-state index in [0.29, 0.717) is 12.2 Å². The summed E-state index contributed by atoms with van der Waals surface area (Å²) in [6, 6.07) is 3.73. The summed E-state index contributed by atoms with van der Waals surface area (Å²) in [4.78, 5) is -0.549. The molecule has 6 nitrogen and oxygen atoms in total. The zero-order valence-electron chi connectivity index (χ0n) is 12.6. The van der Waals surface area contributed by atoms with E-state index in [4.69, 9.17) is 10.8 Å². The number of hydrogen-bond acceptors (Lipinski definition) is 3. The first-order valence-electron chi connectivity index (χ1n) is 6.80. The zero-order valence-corrected chi connectivity index (χ0v) is 13.4. The number of sulfonamides is 1. The van der Waals surface area contributed by atoms with Crippen LogP contribution in [0.1, 0.15) is 26.7 Å². The minimum Gasteiger partial charge on any atom is -0.597 e. The van der Waals surface area contributed by atoms with Crippen LogP contribution in [0.15, 0.2) is 39.3 Å². The summed E-state index contributed by atoms with van der Waals surface area (Å²) in [5.41, 5.74) is 5.90. The molecule has 0 aromatic heterocycles. The maximum atomic E-state index is 14.0. The van der Waals surface area contributed by atoms with Gasteiger partial charge in [-0.15, -0.1) is 4.40 Å². The van der Waals surface area contributed by atoms with Crippen molar-refractivity contribution in [1.29, 1.82) is 0 Å². The van der Waals surface area contributed by atoms with Crippen molar-refractivity contribution >= 4 is 21.5 Å². The Bertz CT molecular complexity index is 681. The topological polar surface area (TPSA) is 107 Å². The van der Waals surface area contributed by atoms with E-state index < -0.39 is 20.7 Å². The minimum atomic E-state index is -4.25. The summed E-state index contributed by atoms with van der Waals surface area (Å²) in [6.07, 6.45) is 3.01.